The molecule has 3 aromatic rings. The van der Waals surface area contributed by atoms with Crippen LogP contribution in [-0.2, 0) is 4.79 Å². The highest BCUT2D eigenvalue weighted by molar-refractivity contribution is 5.97. The molecule has 2 aromatic carbocycles. The standard InChI is InChI=1S/C29H33FN4O3/c30-23-12-10-20(11-13-23)24-19-26(24)31-14-4-5-25(29(36)34-16-2-1-3-17-34)33-27(35)21-6-8-22(9-7-21)28-32-15-18-37-28/h6-13,15,18,24-26,31H,1-5,14,16-17,19H2,(H,33,35)/t24-,25-,26+/m0/s1. The molecule has 1 aromatic heterocycles. The topological polar surface area (TPSA) is 87.5 Å². The summed E-state index contributed by atoms with van der Waals surface area (Å²) in [5.74, 6) is 0.423. The van der Waals surface area contributed by atoms with E-state index in [0.29, 0.717) is 29.8 Å². The maximum atomic E-state index is 13.3. The Hall–Kier alpha value is -3.52. The van der Waals surface area contributed by atoms with Gasteiger partial charge in [-0.05, 0) is 87.0 Å². The van der Waals surface area contributed by atoms with Crippen molar-refractivity contribution in [3.8, 4) is 11.5 Å². The van der Waals surface area contributed by atoms with Crippen molar-refractivity contribution in [1.29, 1.82) is 0 Å². The normalized spacial score (nSPS) is 19.9. The lowest BCUT2D eigenvalue weighted by atomic mass is 10.1. The molecule has 8 heteroatoms. The highest BCUT2D eigenvalue weighted by Crippen LogP contribution is 2.40. The number of hydrogen-bond acceptors (Lipinski definition) is 5. The highest BCUT2D eigenvalue weighted by Gasteiger charge is 2.37. The lowest BCUT2D eigenvalue weighted by Crippen LogP contribution is -2.50. The largest absolute Gasteiger partial charge is 0.445 e. The second kappa shape index (κ2) is 11.7. The van der Waals surface area contributed by atoms with Crippen LogP contribution < -0.4 is 10.6 Å². The molecule has 1 aliphatic carbocycles. The van der Waals surface area contributed by atoms with E-state index in [0.717, 1.165) is 62.9 Å². The van der Waals surface area contributed by atoms with Gasteiger partial charge in [-0.15, -0.1) is 0 Å². The second-order valence-electron chi connectivity index (χ2n) is 9.92. The fraction of sp³-hybridized carbons (Fsp3) is 0.414. The number of nitrogens with zero attached hydrogens (tertiary/aromatic N) is 2. The molecule has 0 unspecified atom stereocenters. The minimum atomic E-state index is -0.564. The van der Waals surface area contributed by atoms with Crippen LogP contribution in [0.2, 0.25) is 0 Å². The number of nitrogens with one attached hydrogen (secondary N) is 2. The van der Waals surface area contributed by atoms with Crippen LogP contribution in [0.15, 0.2) is 65.4 Å². The van der Waals surface area contributed by atoms with E-state index in [1.165, 1.54) is 18.4 Å². The molecule has 2 aliphatic rings. The number of benzene rings is 2. The van der Waals surface area contributed by atoms with Crippen LogP contribution >= 0.6 is 0 Å². The molecule has 5 rings (SSSR count). The molecule has 37 heavy (non-hydrogen) atoms. The van der Waals surface area contributed by atoms with E-state index in [1.54, 1.807) is 30.5 Å². The third kappa shape index (κ3) is 6.43. The summed E-state index contributed by atoms with van der Waals surface area (Å²) in [4.78, 5) is 32.4. The number of rotatable bonds is 10. The monoisotopic (exact) mass is 504 g/mol. The van der Waals surface area contributed by atoms with Crippen molar-refractivity contribution in [3.05, 3.63) is 77.9 Å². The van der Waals surface area contributed by atoms with Gasteiger partial charge in [0.05, 0.1) is 6.20 Å². The fourth-order valence-electron chi connectivity index (χ4n) is 5.06. The van der Waals surface area contributed by atoms with Crippen LogP contribution in [0.5, 0.6) is 0 Å². The summed E-state index contributed by atoms with van der Waals surface area (Å²) in [5.41, 5.74) is 2.43. The zero-order valence-electron chi connectivity index (χ0n) is 20.9. The second-order valence-corrected chi connectivity index (χ2v) is 9.92. The van der Waals surface area contributed by atoms with Gasteiger partial charge in [0.1, 0.15) is 18.1 Å². The molecule has 2 heterocycles. The van der Waals surface area contributed by atoms with Crippen LogP contribution in [0.25, 0.3) is 11.5 Å². The third-order valence-electron chi connectivity index (χ3n) is 7.26. The van der Waals surface area contributed by atoms with Gasteiger partial charge >= 0.3 is 0 Å². The molecule has 0 radical (unpaired) electrons. The molecule has 2 fully saturated rings. The van der Waals surface area contributed by atoms with Crippen molar-refractivity contribution < 1.29 is 18.4 Å². The van der Waals surface area contributed by atoms with Gasteiger partial charge in [0.2, 0.25) is 11.8 Å². The smallest absolute Gasteiger partial charge is 0.251 e. The zero-order valence-corrected chi connectivity index (χ0v) is 20.9. The Kier molecular flexibility index (Phi) is 7.94. The SMILES string of the molecule is O=C(N[C@@H](CCCN[C@@H]1C[C@H]1c1ccc(F)cc1)C(=O)N1CCCCC1)c1ccc(-c2ncco2)cc1. The Bertz CT molecular complexity index is 1170. The van der Waals surface area contributed by atoms with Gasteiger partial charge < -0.3 is 20.0 Å². The van der Waals surface area contributed by atoms with Gasteiger partial charge in [0, 0.05) is 36.2 Å². The minimum absolute atomic E-state index is 0.0000614. The molecule has 1 saturated carbocycles. The fourth-order valence-corrected chi connectivity index (χ4v) is 5.06. The first kappa shape index (κ1) is 25.1. The van der Waals surface area contributed by atoms with Gasteiger partial charge in [-0.1, -0.05) is 12.1 Å². The van der Waals surface area contributed by atoms with Gasteiger partial charge in [-0.3, -0.25) is 9.59 Å². The van der Waals surface area contributed by atoms with Crippen molar-refractivity contribution in [2.75, 3.05) is 19.6 Å². The average molecular weight is 505 g/mol. The molecule has 194 valence electrons. The zero-order chi connectivity index (χ0) is 25.6. The molecule has 0 spiro atoms. The first-order chi connectivity index (χ1) is 18.1. The minimum Gasteiger partial charge on any atom is -0.445 e. The molecular weight excluding hydrogens is 471 g/mol. The third-order valence-corrected chi connectivity index (χ3v) is 7.26. The summed E-state index contributed by atoms with van der Waals surface area (Å²) in [6.45, 7) is 2.25. The van der Waals surface area contributed by atoms with E-state index in [-0.39, 0.29) is 17.6 Å². The number of halogens is 1. The lowest BCUT2D eigenvalue weighted by molar-refractivity contribution is -0.134. The summed E-state index contributed by atoms with van der Waals surface area (Å²) in [6.07, 6.45) is 8.59. The molecule has 1 saturated heterocycles. The Morgan fingerprint density at radius 1 is 1.05 bits per heavy atom. The Morgan fingerprint density at radius 3 is 2.51 bits per heavy atom. The maximum absolute atomic E-state index is 13.3. The van der Waals surface area contributed by atoms with Crippen LogP contribution in [0, 0.1) is 5.82 Å². The summed E-state index contributed by atoms with van der Waals surface area (Å²) in [7, 11) is 0. The number of carbonyl (C=O) groups is 2. The van der Waals surface area contributed by atoms with Crippen LogP contribution in [-0.4, -0.2) is 53.4 Å². The first-order valence-corrected chi connectivity index (χ1v) is 13.2. The Balaban J connectivity index is 1.16. The van der Waals surface area contributed by atoms with Gasteiger partial charge in [0.15, 0.2) is 0 Å². The summed E-state index contributed by atoms with van der Waals surface area (Å²) >= 11 is 0. The van der Waals surface area contributed by atoms with Crippen molar-refractivity contribution in [2.24, 2.45) is 0 Å². The van der Waals surface area contributed by atoms with Gasteiger partial charge in [0.25, 0.3) is 5.91 Å². The van der Waals surface area contributed by atoms with Crippen molar-refractivity contribution in [2.45, 2.75) is 56.5 Å². The summed E-state index contributed by atoms with van der Waals surface area (Å²) in [6, 6.07) is 13.5. The van der Waals surface area contributed by atoms with E-state index in [4.69, 9.17) is 4.42 Å². The molecule has 7 nitrogen and oxygen atoms in total. The number of piperidine rings is 1. The number of aromatic nitrogens is 1. The van der Waals surface area contributed by atoms with E-state index < -0.39 is 6.04 Å². The summed E-state index contributed by atoms with van der Waals surface area (Å²) in [5, 5.41) is 6.55. The van der Waals surface area contributed by atoms with E-state index in [9.17, 15) is 14.0 Å². The number of hydrogen-bond donors (Lipinski definition) is 2. The quantitative estimate of drug-likeness (QED) is 0.397. The number of carbonyl (C=O) groups excluding carboxylic acids is 2. The van der Waals surface area contributed by atoms with Crippen LogP contribution in [0.3, 0.4) is 0 Å². The molecule has 1 aliphatic heterocycles. The molecule has 0 bridgehead atoms. The van der Waals surface area contributed by atoms with Crippen LogP contribution in [0.1, 0.15) is 60.4 Å². The molecule has 3 atom stereocenters. The summed E-state index contributed by atoms with van der Waals surface area (Å²) < 4.78 is 18.5. The lowest BCUT2D eigenvalue weighted by Gasteiger charge is -2.31. The number of oxazole rings is 1. The number of amides is 2. The molecule has 2 amide bonds. The van der Waals surface area contributed by atoms with Gasteiger partial charge in [-0.25, -0.2) is 9.37 Å². The molecule has 2 N–H and O–H groups in total. The van der Waals surface area contributed by atoms with Crippen molar-refractivity contribution >= 4 is 11.8 Å². The van der Waals surface area contributed by atoms with E-state index >= 15 is 0 Å². The van der Waals surface area contributed by atoms with Crippen LogP contribution in [0.4, 0.5) is 4.39 Å². The van der Waals surface area contributed by atoms with Crippen molar-refractivity contribution in [3.63, 3.8) is 0 Å². The van der Waals surface area contributed by atoms with Gasteiger partial charge in [-0.2, -0.15) is 0 Å². The highest BCUT2D eigenvalue weighted by atomic mass is 19.1. The predicted molar refractivity (Wildman–Crippen MR) is 138 cm³/mol. The first-order valence-electron chi connectivity index (χ1n) is 13.2. The van der Waals surface area contributed by atoms with E-state index in [2.05, 4.69) is 15.6 Å². The number of likely N-dealkylation sites (tertiary alicyclic amines) is 1. The Morgan fingerprint density at radius 2 is 1.81 bits per heavy atom. The molecular formula is C29H33FN4O3. The Labute approximate surface area is 216 Å². The van der Waals surface area contributed by atoms with E-state index in [1.807, 2.05) is 17.0 Å². The maximum Gasteiger partial charge on any atom is 0.251 e. The van der Waals surface area contributed by atoms with Crippen molar-refractivity contribution in [1.82, 2.24) is 20.5 Å². The predicted octanol–water partition coefficient (Wildman–Crippen LogP) is 4.52. The average Bonchev–Trinajstić information content (AvgIpc) is 3.49.